The summed E-state index contributed by atoms with van der Waals surface area (Å²) in [7, 11) is 0. The van der Waals surface area contributed by atoms with Gasteiger partial charge in [0.05, 0.1) is 6.61 Å². The molecule has 148 valence electrons. The number of nitrogens with two attached hydrogens (primary N) is 1. The highest BCUT2D eigenvalue weighted by atomic mass is 16.5. The number of benzene rings is 1. The number of amides is 3. The number of carbonyl (C=O) groups is 2. The molecule has 0 aromatic heterocycles. The Morgan fingerprint density at radius 1 is 1.19 bits per heavy atom. The monoisotopic (exact) mass is 374 g/mol. The van der Waals surface area contributed by atoms with Crippen molar-refractivity contribution in [3.63, 3.8) is 0 Å². The van der Waals surface area contributed by atoms with Gasteiger partial charge in [-0.15, -0.1) is 0 Å². The zero-order chi connectivity index (χ0) is 19.2. The van der Waals surface area contributed by atoms with Gasteiger partial charge in [-0.25, -0.2) is 4.79 Å². The predicted molar refractivity (Wildman–Crippen MR) is 105 cm³/mol. The third kappa shape index (κ3) is 5.13. The van der Waals surface area contributed by atoms with Crippen LogP contribution in [-0.4, -0.2) is 60.6 Å². The highest BCUT2D eigenvalue weighted by Gasteiger charge is 2.37. The average Bonchev–Trinajstić information content (AvgIpc) is 2.62. The summed E-state index contributed by atoms with van der Waals surface area (Å²) in [5, 5.41) is 2.94. The lowest BCUT2D eigenvalue weighted by atomic mass is 9.94. The van der Waals surface area contributed by atoms with Crippen LogP contribution in [0.2, 0.25) is 0 Å². The quantitative estimate of drug-likeness (QED) is 0.717. The van der Waals surface area contributed by atoms with E-state index in [1.54, 1.807) is 0 Å². The molecule has 0 aliphatic carbocycles. The Labute approximate surface area is 160 Å². The van der Waals surface area contributed by atoms with Crippen LogP contribution in [0.5, 0.6) is 5.75 Å². The zero-order valence-electron chi connectivity index (χ0n) is 16.0. The first kappa shape index (κ1) is 19.5. The molecule has 0 bridgehead atoms. The molecule has 0 radical (unpaired) electrons. The van der Waals surface area contributed by atoms with Crippen molar-refractivity contribution in [3.8, 4) is 5.75 Å². The van der Waals surface area contributed by atoms with E-state index in [9.17, 15) is 9.59 Å². The van der Waals surface area contributed by atoms with Gasteiger partial charge in [-0.3, -0.25) is 9.69 Å². The van der Waals surface area contributed by atoms with Crippen molar-refractivity contribution in [1.82, 2.24) is 9.80 Å². The lowest BCUT2D eigenvalue weighted by molar-refractivity contribution is -0.123. The average molecular weight is 374 g/mol. The molecule has 2 aliphatic rings. The molecular formula is C20H30N4O3. The number of unbranched alkanes of at least 4 members (excludes halogenated alkanes) is 1. The second-order valence-electron chi connectivity index (χ2n) is 7.43. The molecule has 27 heavy (non-hydrogen) atoms. The number of carbonyl (C=O) groups excluding carboxylic acids is 2. The molecule has 0 atom stereocenters. The van der Waals surface area contributed by atoms with Gasteiger partial charge in [-0.05, 0) is 56.6 Å². The maximum absolute atomic E-state index is 12.4. The Morgan fingerprint density at radius 3 is 2.44 bits per heavy atom. The third-order valence-corrected chi connectivity index (χ3v) is 5.47. The summed E-state index contributed by atoms with van der Waals surface area (Å²) in [5.41, 5.74) is 6.16. The van der Waals surface area contributed by atoms with Crippen LogP contribution >= 0.6 is 0 Å². The molecule has 3 amide bonds. The number of primary amides is 1. The van der Waals surface area contributed by atoms with E-state index in [4.69, 9.17) is 10.5 Å². The number of ether oxygens (including phenoxy) is 1. The SMILES string of the molecule is CCCCOc1ccc(NC(=O)N2CC(N3CCC(C(N)=O)CC3)C2)cc1. The van der Waals surface area contributed by atoms with E-state index >= 15 is 0 Å². The number of rotatable bonds is 7. The summed E-state index contributed by atoms with van der Waals surface area (Å²) in [6.45, 7) is 6.07. The minimum absolute atomic E-state index is 0.00894. The number of nitrogens with zero attached hydrogens (tertiary/aromatic N) is 2. The molecule has 3 N–H and O–H groups in total. The molecule has 2 saturated heterocycles. The Morgan fingerprint density at radius 2 is 1.85 bits per heavy atom. The second kappa shape index (κ2) is 9.08. The van der Waals surface area contributed by atoms with E-state index in [0.29, 0.717) is 12.6 Å². The van der Waals surface area contributed by atoms with Gasteiger partial charge in [-0.1, -0.05) is 13.3 Å². The van der Waals surface area contributed by atoms with Crippen molar-refractivity contribution in [2.45, 2.75) is 38.6 Å². The van der Waals surface area contributed by atoms with E-state index in [1.807, 2.05) is 29.2 Å². The molecule has 1 aromatic rings. The molecule has 3 rings (SSSR count). The molecule has 1 aromatic carbocycles. The Balaban J connectivity index is 1.38. The highest BCUT2D eigenvalue weighted by molar-refractivity contribution is 5.90. The van der Waals surface area contributed by atoms with Crippen LogP contribution in [-0.2, 0) is 4.79 Å². The van der Waals surface area contributed by atoms with Gasteiger partial charge in [0, 0.05) is 30.7 Å². The van der Waals surface area contributed by atoms with Gasteiger partial charge < -0.3 is 20.7 Å². The Kier molecular flexibility index (Phi) is 6.55. The van der Waals surface area contributed by atoms with Gasteiger partial charge in [0.25, 0.3) is 0 Å². The van der Waals surface area contributed by atoms with E-state index in [-0.39, 0.29) is 17.9 Å². The number of hydrogen-bond donors (Lipinski definition) is 2. The second-order valence-corrected chi connectivity index (χ2v) is 7.43. The minimum atomic E-state index is -0.189. The number of urea groups is 1. The molecule has 2 heterocycles. The molecule has 7 nitrogen and oxygen atoms in total. The van der Waals surface area contributed by atoms with Crippen LogP contribution in [0.15, 0.2) is 24.3 Å². The van der Waals surface area contributed by atoms with Gasteiger partial charge in [0.15, 0.2) is 0 Å². The molecule has 0 spiro atoms. The fraction of sp³-hybridized carbons (Fsp3) is 0.600. The van der Waals surface area contributed by atoms with Gasteiger partial charge in [-0.2, -0.15) is 0 Å². The molecule has 7 heteroatoms. The molecular weight excluding hydrogens is 344 g/mol. The summed E-state index contributed by atoms with van der Waals surface area (Å²) < 4.78 is 5.63. The highest BCUT2D eigenvalue weighted by Crippen LogP contribution is 2.24. The summed E-state index contributed by atoms with van der Waals surface area (Å²) >= 11 is 0. The van der Waals surface area contributed by atoms with Gasteiger partial charge in [0.1, 0.15) is 5.75 Å². The number of anilines is 1. The number of nitrogens with one attached hydrogen (secondary N) is 1. The van der Waals surface area contributed by atoms with Gasteiger partial charge >= 0.3 is 6.03 Å². The summed E-state index contributed by atoms with van der Waals surface area (Å²) in [6, 6.07) is 7.81. The first-order chi connectivity index (χ1) is 13.1. The van der Waals surface area contributed by atoms with Crippen molar-refractivity contribution in [2.24, 2.45) is 11.7 Å². The Hall–Kier alpha value is -2.28. The first-order valence-corrected chi connectivity index (χ1v) is 9.89. The lowest BCUT2D eigenvalue weighted by Crippen LogP contribution is -2.63. The topological polar surface area (TPSA) is 87.9 Å². The minimum Gasteiger partial charge on any atom is -0.494 e. The summed E-state index contributed by atoms with van der Waals surface area (Å²) in [5.74, 6) is 0.644. The van der Waals surface area contributed by atoms with Crippen molar-refractivity contribution in [3.05, 3.63) is 24.3 Å². The smallest absolute Gasteiger partial charge is 0.321 e. The van der Waals surface area contributed by atoms with Crippen LogP contribution in [0.1, 0.15) is 32.6 Å². The molecule has 2 aliphatic heterocycles. The van der Waals surface area contributed by atoms with Crippen LogP contribution in [0.3, 0.4) is 0 Å². The van der Waals surface area contributed by atoms with Crippen molar-refractivity contribution in [2.75, 3.05) is 38.1 Å². The van der Waals surface area contributed by atoms with Crippen LogP contribution in [0.4, 0.5) is 10.5 Å². The van der Waals surface area contributed by atoms with Crippen LogP contribution in [0, 0.1) is 5.92 Å². The maximum atomic E-state index is 12.4. The number of piperidine rings is 1. The fourth-order valence-electron chi connectivity index (χ4n) is 3.57. The van der Waals surface area contributed by atoms with Gasteiger partial charge in [0.2, 0.25) is 5.91 Å². The standard InChI is InChI=1S/C20H30N4O3/c1-2-3-12-27-18-6-4-16(5-7-18)22-20(26)24-13-17(14-24)23-10-8-15(9-11-23)19(21)25/h4-7,15,17H,2-3,8-14H2,1H3,(H2,21,25)(H,22,26). The third-order valence-electron chi connectivity index (χ3n) is 5.47. The van der Waals surface area contributed by atoms with Crippen molar-refractivity contribution >= 4 is 17.6 Å². The van der Waals surface area contributed by atoms with E-state index in [1.165, 1.54) is 0 Å². The first-order valence-electron chi connectivity index (χ1n) is 9.89. The summed E-state index contributed by atoms with van der Waals surface area (Å²) in [4.78, 5) is 27.8. The van der Waals surface area contributed by atoms with E-state index < -0.39 is 0 Å². The summed E-state index contributed by atoms with van der Waals surface area (Å²) in [6.07, 6.45) is 3.79. The fourth-order valence-corrected chi connectivity index (χ4v) is 3.57. The normalized spacial score (nSPS) is 18.8. The lowest BCUT2D eigenvalue weighted by Gasteiger charge is -2.47. The predicted octanol–water partition coefficient (Wildman–Crippen LogP) is 2.28. The molecule has 0 saturated carbocycles. The number of hydrogen-bond acceptors (Lipinski definition) is 4. The zero-order valence-corrected chi connectivity index (χ0v) is 16.0. The van der Waals surface area contributed by atoms with E-state index in [2.05, 4.69) is 17.1 Å². The largest absolute Gasteiger partial charge is 0.494 e. The molecule has 2 fully saturated rings. The maximum Gasteiger partial charge on any atom is 0.321 e. The molecule has 0 unspecified atom stereocenters. The number of likely N-dealkylation sites (tertiary alicyclic amines) is 2. The van der Waals surface area contributed by atoms with E-state index in [0.717, 1.165) is 63.3 Å². The van der Waals surface area contributed by atoms with Crippen LogP contribution in [0.25, 0.3) is 0 Å². The van der Waals surface area contributed by atoms with Crippen molar-refractivity contribution in [1.29, 1.82) is 0 Å². The van der Waals surface area contributed by atoms with Crippen molar-refractivity contribution < 1.29 is 14.3 Å². The van der Waals surface area contributed by atoms with Crippen LogP contribution < -0.4 is 15.8 Å². The Bertz CT molecular complexity index is 635.